The highest BCUT2D eigenvalue weighted by molar-refractivity contribution is 6.22. The highest BCUT2D eigenvalue weighted by atomic mass is 15.1. The lowest BCUT2D eigenvalue weighted by atomic mass is 9.87. The molecule has 6 aromatic heterocycles. The molecule has 0 N–H and O–H groups in total. The van der Waals surface area contributed by atoms with Gasteiger partial charge < -0.3 is 27.4 Å². The Labute approximate surface area is 559 Å². The molecule has 0 spiro atoms. The van der Waals surface area contributed by atoms with Gasteiger partial charge in [-0.1, -0.05) is 182 Å². The Morgan fingerprint density at radius 3 is 0.745 bits per heavy atom. The summed E-state index contributed by atoms with van der Waals surface area (Å²) in [5, 5.41) is 49.8. The van der Waals surface area contributed by atoms with Crippen LogP contribution in [-0.2, 0) is 0 Å². The van der Waals surface area contributed by atoms with Crippen LogP contribution in [0.4, 0.5) is 5.69 Å². The van der Waals surface area contributed by atoms with Gasteiger partial charge in [0.15, 0.2) is 0 Å². The third kappa shape index (κ3) is 7.35. The van der Waals surface area contributed by atoms with Gasteiger partial charge in [0.2, 0.25) is 5.69 Å². The van der Waals surface area contributed by atoms with E-state index in [2.05, 4.69) is 245 Å². The van der Waals surface area contributed by atoms with Gasteiger partial charge in [0.1, 0.15) is 18.2 Å². The lowest BCUT2D eigenvalue weighted by Gasteiger charge is -2.24. The van der Waals surface area contributed by atoms with Crippen LogP contribution in [0.15, 0.2) is 291 Å². The van der Waals surface area contributed by atoms with Crippen molar-refractivity contribution in [1.82, 2.24) is 27.4 Å². The molecule has 10 heteroatoms. The van der Waals surface area contributed by atoms with Crippen LogP contribution >= 0.6 is 0 Å². The van der Waals surface area contributed by atoms with Crippen molar-refractivity contribution in [2.24, 2.45) is 0 Å². The first-order chi connectivity index (χ1) is 48.5. The van der Waals surface area contributed by atoms with Crippen molar-refractivity contribution < 1.29 is 0 Å². The molecule has 20 rings (SSSR count). The second-order valence-electron chi connectivity index (χ2n) is 25.1. The molecule has 98 heavy (non-hydrogen) atoms. The lowest BCUT2D eigenvalue weighted by Crippen LogP contribution is -2.10. The minimum atomic E-state index is 0.0940. The van der Waals surface area contributed by atoms with Crippen molar-refractivity contribution in [2.45, 2.75) is 0 Å². The Morgan fingerprint density at radius 1 is 0.224 bits per heavy atom. The van der Waals surface area contributed by atoms with E-state index in [-0.39, 0.29) is 33.5 Å². The van der Waals surface area contributed by atoms with E-state index in [1.165, 1.54) is 0 Å². The van der Waals surface area contributed by atoms with E-state index in [0.717, 1.165) is 142 Å². The van der Waals surface area contributed by atoms with E-state index in [9.17, 15) is 22.4 Å². The molecule has 0 radical (unpaired) electrons. The molecule has 0 aliphatic carbocycles. The second-order valence-corrected chi connectivity index (χ2v) is 25.1. The van der Waals surface area contributed by atoms with E-state index < -0.39 is 0 Å². The van der Waals surface area contributed by atoms with Crippen molar-refractivity contribution in [2.75, 3.05) is 0 Å². The van der Waals surface area contributed by atoms with E-state index in [1.807, 2.05) is 97.1 Å². The third-order valence-corrected chi connectivity index (χ3v) is 20.3. The number of nitrogens with zero attached hydrogens (tertiary/aromatic N) is 10. The number of fused-ring (bicyclic) bond motifs is 18. The van der Waals surface area contributed by atoms with Gasteiger partial charge in [-0.25, -0.2) is 4.85 Å². The first-order valence-corrected chi connectivity index (χ1v) is 32.5. The molecule has 0 aliphatic rings. The average molecular weight is 1250 g/mol. The summed E-state index contributed by atoms with van der Waals surface area (Å²) in [6, 6.07) is 108. The maximum absolute atomic E-state index is 12.7. The highest BCUT2D eigenvalue weighted by Crippen LogP contribution is 2.52. The van der Waals surface area contributed by atoms with E-state index in [0.29, 0.717) is 22.7 Å². The molecule has 0 atom stereocenters. The van der Waals surface area contributed by atoms with Gasteiger partial charge in [-0.15, -0.1) is 0 Å². The van der Waals surface area contributed by atoms with Crippen LogP contribution in [-0.4, -0.2) is 27.4 Å². The van der Waals surface area contributed by atoms with Crippen LogP contribution in [0.2, 0.25) is 0 Å². The standard InChI is InChI=1S/C88H48N10/c1-92-88-85(98-77-43-23-15-35-62(77)66-45-79-64(47-81(66)98)60-33-13-17-37-71(60)94(79)54-26-6-3-7-27-54)49-84(96-74-40-20-10-30-57(74)58-31-11-21-41-75(58)96)69(52-91)87(88)86-67(50-89)82(95-72-38-18-8-28-55(72)56-29-9-19-39-73(56)95)48-83(68(86)51-90)97-76-42-22-14-34-61(76)65-44-78-63(46-80(65)97)59-32-12-16-36-70(59)93(78)53-24-4-2-5-25-53/h2-49H. The molecule has 14 aromatic carbocycles. The van der Waals surface area contributed by atoms with Crippen LogP contribution in [0.1, 0.15) is 16.7 Å². The van der Waals surface area contributed by atoms with Crippen molar-refractivity contribution in [3.63, 3.8) is 0 Å². The number of rotatable bonds is 7. The van der Waals surface area contributed by atoms with Crippen molar-refractivity contribution in [3.05, 3.63) is 319 Å². The van der Waals surface area contributed by atoms with Crippen molar-refractivity contribution >= 4 is 137 Å². The summed E-state index contributed by atoms with van der Waals surface area (Å²) < 4.78 is 13.2. The Hall–Kier alpha value is -14.2. The van der Waals surface area contributed by atoms with Crippen molar-refractivity contribution in [3.8, 4) is 63.5 Å². The summed E-state index contributed by atoms with van der Waals surface area (Å²) in [7, 11) is 0. The number of nitriles is 3. The minimum absolute atomic E-state index is 0.0940. The number of hydrogen-bond donors (Lipinski definition) is 0. The van der Waals surface area contributed by atoms with E-state index in [4.69, 9.17) is 0 Å². The fourth-order valence-electron chi connectivity index (χ4n) is 16.4. The summed E-state index contributed by atoms with van der Waals surface area (Å²) in [6.45, 7) is 9.90. The fraction of sp³-hybridized carbons (Fsp3) is 0. The molecule has 10 nitrogen and oxygen atoms in total. The number of aromatic nitrogens is 6. The maximum atomic E-state index is 12.7. The molecule has 0 saturated heterocycles. The molecule has 0 saturated carbocycles. The predicted octanol–water partition coefficient (Wildman–Crippen LogP) is 22.1. The summed E-state index contributed by atoms with van der Waals surface area (Å²) in [4.78, 5) is 4.68. The second kappa shape index (κ2) is 20.7. The van der Waals surface area contributed by atoms with E-state index in [1.54, 1.807) is 0 Å². The predicted molar refractivity (Wildman–Crippen MR) is 398 cm³/mol. The van der Waals surface area contributed by atoms with Gasteiger partial charge in [0, 0.05) is 87.1 Å². The summed E-state index contributed by atoms with van der Waals surface area (Å²) in [5.74, 6) is 0. The molecule has 450 valence electrons. The quantitative estimate of drug-likeness (QED) is 0.148. The zero-order valence-electron chi connectivity index (χ0n) is 52.2. The van der Waals surface area contributed by atoms with Gasteiger partial charge in [-0.05, 0) is 109 Å². The largest absolute Gasteiger partial charge is 0.319 e. The van der Waals surface area contributed by atoms with Gasteiger partial charge in [-0.3, -0.25) is 0 Å². The highest BCUT2D eigenvalue weighted by Gasteiger charge is 2.34. The number of hydrogen-bond acceptors (Lipinski definition) is 3. The van der Waals surface area contributed by atoms with Crippen LogP contribution in [0.3, 0.4) is 0 Å². The molecular weight excluding hydrogens is 1200 g/mol. The fourth-order valence-corrected chi connectivity index (χ4v) is 16.4. The molecule has 0 fully saturated rings. The summed E-state index contributed by atoms with van der Waals surface area (Å²) in [5.41, 5.74) is 15.5. The number of benzene rings is 14. The average Bonchev–Trinajstić information content (AvgIpc) is 1.44. The van der Waals surface area contributed by atoms with Crippen LogP contribution < -0.4 is 0 Å². The monoisotopic (exact) mass is 1240 g/mol. The molecule has 0 unspecified atom stereocenters. The summed E-state index contributed by atoms with van der Waals surface area (Å²) in [6.07, 6.45) is 0. The first kappa shape index (κ1) is 54.4. The number of para-hydroxylation sites is 10. The Balaban J connectivity index is 0.994. The molecule has 0 aliphatic heterocycles. The Kier molecular flexibility index (Phi) is 11.5. The SMILES string of the molecule is [C-]#[N+]c1c(-n2c3ccccc3c3cc4c(cc32)c2ccccc2n4-c2ccccc2)cc(-n2c3ccccc3c3ccccc32)c(C#N)c1-c1c(C#N)c(-n2c3ccccc3c3ccccc32)cc(-n2c3ccccc3c3cc4c(cc32)c2ccccc2n4-c2ccccc2)c1C#N. The lowest BCUT2D eigenvalue weighted by molar-refractivity contribution is 1.11. The van der Waals surface area contributed by atoms with Crippen molar-refractivity contribution in [1.29, 1.82) is 15.8 Å². The van der Waals surface area contributed by atoms with Gasteiger partial charge in [-0.2, -0.15) is 15.8 Å². The molecule has 6 heterocycles. The zero-order valence-corrected chi connectivity index (χ0v) is 52.2. The third-order valence-electron chi connectivity index (χ3n) is 20.3. The molecule has 0 amide bonds. The topological polar surface area (TPSA) is 105 Å². The van der Waals surface area contributed by atoms with Crippen LogP contribution in [0.25, 0.3) is 181 Å². The minimum Gasteiger partial charge on any atom is -0.319 e. The van der Waals surface area contributed by atoms with Gasteiger partial charge in [0.25, 0.3) is 0 Å². The maximum Gasteiger partial charge on any atom is 0.219 e. The van der Waals surface area contributed by atoms with Crippen LogP contribution in [0.5, 0.6) is 0 Å². The Bertz CT molecular complexity index is 6560. The first-order valence-electron chi connectivity index (χ1n) is 32.5. The smallest absolute Gasteiger partial charge is 0.219 e. The Morgan fingerprint density at radius 2 is 0.449 bits per heavy atom. The van der Waals surface area contributed by atoms with Gasteiger partial charge >= 0.3 is 0 Å². The van der Waals surface area contributed by atoms with Gasteiger partial charge in [0.05, 0.1) is 112 Å². The summed E-state index contributed by atoms with van der Waals surface area (Å²) >= 11 is 0. The van der Waals surface area contributed by atoms with Crippen LogP contribution in [0, 0.1) is 40.6 Å². The van der Waals surface area contributed by atoms with E-state index >= 15 is 0 Å². The molecular formula is C88H48N10. The normalized spacial score (nSPS) is 11.8. The zero-order chi connectivity index (χ0) is 65.0. The molecule has 0 bridgehead atoms. The molecule has 20 aromatic rings.